The van der Waals surface area contributed by atoms with Crippen molar-refractivity contribution in [2.75, 3.05) is 5.43 Å². The quantitative estimate of drug-likeness (QED) is 0.493. The highest BCUT2D eigenvalue weighted by atomic mass is 79.9. The van der Waals surface area contributed by atoms with Crippen molar-refractivity contribution in [3.63, 3.8) is 0 Å². The van der Waals surface area contributed by atoms with Crippen molar-refractivity contribution < 1.29 is 9.66 Å². The minimum absolute atomic E-state index is 0.0756. The van der Waals surface area contributed by atoms with Gasteiger partial charge in [0.25, 0.3) is 0 Å². The van der Waals surface area contributed by atoms with Crippen LogP contribution in [0.2, 0.25) is 0 Å². The highest BCUT2D eigenvalue weighted by Crippen LogP contribution is 2.38. The van der Waals surface area contributed by atoms with E-state index < -0.39 is 4.92 Å². The number of nitro benzene ring substituents is 1. The predicted molar refractivity (Wildman–Crippen MR) is 80.2 cm³/mol. The molecule has 0 unspecified atom stereocenters. The molecule has 21 heavy (non-hydrogen) atoms. The van der Waals surface area contributed by atoms with Gasteiger partial charge in [-0.1, -0.05) is 6.07 Å². The first-order valence-corrected chi connectivity index (χ1v) is 6.66. The molecule has 1 heterocycles. The zero-order chi connectivity index (χ0) is 15.6. The standard InChI is InChI=1S/C12H12BrN5O3/c1-6-11(17-14)15-7(2)16-12(6)21-10-8(13)4-3-5-9(10)18(19)20/h3-5H,14H2,1-2H3,(H,15,16,17). The lowest BCUT2D eigenvalue weighted by molar-refractivity contribution is -0.385. The summed E-state index contributed by atoms with van der Waals surface area (Å²) in [7, 11) is 0. The minimum atomic E-state index is -0.522. The Kier molecular flexibility index (Phi) is 4.34. The highest BCUT2D eigenvalue weighted by Gasteiger charge is 2.21. The van der Waals surface area contributed by atoms with Crippen molar-refractivity contribution in [2.24, 2.45) is 5.84 Å². The molecular formula is C12H12BrN5O3. The molecule has 2 aromatic rings. The molecule has 0 saturated heterocycles. The number of benzene rings is 1. The zero-order valence-electron chi connectivity index (χ0n) is 11.3. The lowest BCUT2D eigenvalue weighted by Gasteiger charge is -2.12. The van der Waals surface area contributed by atoms with Gasteiger partial charge in [0.1, 0.15) is 11.6 Å². The van der Waals surface area contributed by atoms with Crippen LogP contribution < -0.4 is 16.0 Å². The summed E-state index contributed by atoms with van der Waals surface area (Å²) in [6.45, 7) is 3.37. The molecule has 0 amide bonds. The van der Waals surface area contributed by atoms with Crippen LogP contribution in [0.4, 0.5) is 11.5 Å². The van der Waals surface area contributed by atoms with Crippen LogP contribution >= 0.6 is 15.9 Å². The summed E-state index contributed by atoms with van der Waals surface area (Å²) in [6.07, 6.45) is 0. The number of para-hydroxylation sites is 1. The van der Waals surface area contributed by atoms with Gasteiger partial charge in [0.2, 0.25) is 11.6 Å². The van der Waals surface area contributed by atoms with Crippen LogP contribution in [0.3, 0.4) is 0 Å². The maximum absolute atomic E-state index is 11.1. The number of nitrogen functional groups attached to an aromatic ring is 1. The van der Waals surface area contributed by atoms with E-state index in [0.717, 1.165) is 0 Å². The van der Waals surface area contributed by atoms with Gasteiger partial charge in [-0.05, 0) is 35.8 Å². The second kappa shape index (κ2) is 6.02. The number of hydrazine groups is 1. The number of rotatable bonds is 4. The summed E-state index contributed by atoms with van der Waals surface area (Å²) in [5.74, 6) is 6.48. The Morgan fingerprint density at radius 1 is 1.38 bits per heavy atom. The summed E-state index contributed by atoms with van der Waals surface area (Å²) < 4.78 is 6.07. The lowest BCUT2D eigenvalue weighted by Crippen LogP contribution is -2.12. The van der Waals surface area contributed by atoms with Gasteiger partial charge in [-0.3, -0.25) is 10.1 Å². The van der Waals surface area contributed by atoms with Crippen molar-refractivity contribution in [1.29, 1.82) is 0 Å². The minimum Gasteiger partial charge on any atom is -0.430 e. The van der Waals surface area contributed by atoms with E-state index in [1.54, 1.807) is 26.0 Å². The fraction of sp³-hybridized carbons (Fsp3) is 0.167. The van der Waals surface area contributed by atoms with Crippen LogP contribution in [-0.4, -0.2) is 14.9 Å². The van der Waals surface area contributed by atoms with E-state index in [2.05, 4.69) is 31.3 Å². The topological polar surface area (TPSA) is 116 Å². The second-order valence-corrected chi connectivity index (χ2v) is 5.00. The normalized spacial score (nSPS) is 10.3. The highest BCUT2D eigenvalue weighted by molar-refractivity contribution is 9.10. The fourth-order valence-corrected chi connectivity index (χ4v) is 2.12. The molecular weight excluding hydrogens is 342 g/mol. The Hall–Kier alpha value is -2.26. The van der Waals surface area contributed by atoms with Crippen molar-refractivity contribution in [3.05, 3.63) is 44.2 Å². The van der Waals surface area contributed by atoms with Crippen LogP contribution in [0.5, 0.6) is 11.6 Å². The molecule has 1 aromatic carbocycles. The van der Waals surface area contributed by atoms with E-state index in [1.807, 2.05) is 0 Å². The molecule has 0 spiro atoms. The number of nitro groups is 1. The Labute approximate surface area is 128 Å². The number of hydrogen-bond acceptors (Lipinski definition) is 7. The van der Waals surface area contributed by atoms with Crippen LogP contribution in [0.25, 0.3) is 0 Å². The summed E-state index contributed by atoms with van der Waals surface area (Å²) in [6, 6.07) is 4.55. The Morgan fingerprint density at radius 2 is 2.10 bits per heavy atom. The van der Waals surface area contributed by atoms with Crippen molar-refractivity contribution in [2.45, 2.75) is 13.8 Å². The first-order valence-electron chi connectivity index (χ1n) is 5.86. The van der Waals surface area contributed by atoms with Crippen LogP contribution in [0.15, 0.2) is 22.7 Å². The maximum Gasteiger partial charge on any atom is 0.312 e. The molecule has 0 fully saturated rings. The number of nitrogens with two attached hydrogens (primary N) is 1. The molecule has 0 aliphatic carbocycles. The molecule has 0 atom stereocenters. The smallest absolute Gasteiger partial charge is 0.312 e. The van der Waals surface area contributed by atoms with Gasteiger partial charge >= 0.3 is 5.69 Å². The SMILES string of the molecule is Cc1nc(NN)c(C)c(Oc2c(Br)cccc2[N+](=O)[O-])n1. The Balaban J connectivity index is 2.53. The number of nitrogens with zero attached hydrogens (tertiary/aromatic N) is 3. The van der Waals surface area contributed by atoms with Gasteiger partial charge in [-0.2, -0.15) is 4.98 Å². The van der Waals surface area contributed by atoms with Crippen LogP contribution in [-0.2, 0) is 0 Å². The zero-order valence-corrected chi connectivity index (χ0v) is 12.8. The van der Waals surface area contributed by atoms with Gasteiger partial charge in [-0.25, -0.2) is 10.8 Å². The summed E-state index contributed by atoms with van der Waals surface area (Å²) in [4.78, 5) is 18.8. The number of nitrogens with one attached hydrogen (secondary N) is 1. The average molecular weight is 354 g/mol. The maximum atomic E-state index is 11.1. The number of ether oxygens (including phenoxy) is 1. The summed E-state index contributed by atoms with van der Waals surface area (Å²) in [5, 5.41) is 11.1. The first-order chi connectivity index (χ1) is 9.93. The first kappa shape index (κ1) is 15.1. The van der Waals surface area contributed by atoms with E-state index in [-0.39, 0.29) is 17.3 Å². The molecule has 0 aliphatic rings. The third-order valence-corrected chi connectivity index (χ3v) is 3.32. The van der Waals surface area contributed by atoms with Gasteiger partial charge in [-0.15, -0.1) is 0 Å². The average Bonchev–Trinajstić information content (AvgIpc) is 2.44. The summed E-state index contributed by atoms with van der Waals surface area (Å²) >= 11 is 3.24. The second-order valence-electron chi connectivity index (χ2n) is 4.14. The number of hydrogen-bond donors (Lipinski definition) is 2. The number of halogens is 1. The third kappa shape index (κ3) is 3.09. The Bertz CT molecular complexity index is 708. The summed E-state index contributed by atoms with van der Waals surface area (Å²) in [5.41, 5.74) is 2.82. The largest absolute Gasteiger partial charge is 0.430 e. The fourth-order valence-electron chi connectivity index (χ4n) is 1.68. The van der Waals surface area contributed by atoms with E-state index in [0.29, 0.717) is 21.7 Å². The molecule has 2 rings (SSSR count). The molecule has 0 saturated carbocycles. The molecule has 110 valence electrons. The Morgan fingerprint density at radius 3 is 2.71 bits per heavy atom. The monoisotopic (exact) mass is 353 g/mol. The van der Waals surface area contributed by atoms with Crippen LogP contribution in [0, 0.1) is 24.0 Å². The van der Waals surface area contributed by atoms with Gasteiger partial charge in [0.05, 0.1) is 15.0 Å². The van der Waals surface area contributed by atoms with Crippen molar-refractivity contribution in [1.82, 2.24) is 9.97 Å². The predicted octanol–water partition coefficient (Wildman–Crippen LogP) is 2.84. The number of aromatic nitrogens is 2. The van der Waals surface area contributed by atoms with Gasteiger partial charge in [0.15, 0.2) is 0 Å². The lowest BCUT2D eigenvalue weighted by atomic mass is 10.3. The van der Waals surface area contributed by atoms with E-state index >= 15 is 0 Å². The molecule has 9 heteroatoms. The third-order valence-electron chi connectivity index (χ3n) is 2.69. The van der Waals surface area contributed by atoms with Crippen molar-refractivity contribution >= 4 is 27.4 Å². The molecule has 0 radical (unpaired) electrons. The number of aryl methyl sites for hydroxylation is 1. The van der Waals surface area contributed by atoms with E-state index in [9.17, 15) is 10.1 Å². The van der Waals surface area contributed by atoms with Crippen LogP contribution in [0.1, 0.15) is 11.4 Å². The van der Waals surface area contributed by atoms with E-state index in [4.69, 9.17) is 10.6 Å². The van der Waals surface area contributed by atoms with Gasteiger partial charge < -0.3 is 10.2 Å². The van der Waals surface area contributed by atoms with Crippen molar-refractivity contribution in [3.8, 4) is 11.6 Å². The number of anilines is 1. The molecule has 8 nitrogen and oxygen atoms in total. The molecule has 3 N–H and O–H groups in total. The van der Waals surface area contributed by atoms with Gasteiger partial charge in [0, 0.05) is 6.07 Å². The van der Waals surface area contributed by atoms with E-state index in [1.165, 1.54) is 6.07 Å². The molecule has 1 aromatic heterocycles. The molecule has 0 aliphatic heterocycles. The molecule has 0 bridgehead atoms.